The minimum atomic E-state index is -0.445. The summed E-state index contributed by atoms with van der Waals surface area (Å²) >= 11 is 0. The molecule has 0 radical (unpaired) electrons. The number of para-hydroxylation sites is 1. The van der Waals surface area contributed by atoms with Gasteiger partial charge in [-0.3, -0.25) is 0 Å². The molecule has 29 heavy (non-hydrogen) atoms. The Labute approximate surface area is 171 Å². The molecular formula is C22H27N3O4. The fraction of sp³-hybridized carbons (Fsp3) is 0.364. The molecule has 3 rings (SSSR count). The van der Waals surface area contributed by atoms with Crippen LogP contribution in [0.4, 0.5) is 16.2 Å². The first-order valence-corrected chi connectivity index (χ1v) is 9.75. The molecule has 2 aromatic carbocycles. The number of methoxy groups -OCH3 is 1. The Morgan fingerprint density at radius 2 is 1.79 bits per heavy atom. The number of aryl methyl sites for hydroxylation is 1. The first kappa shape index (κ1) is 20.5. The normalized spacial score (nSPS) is 13.8. The van der Waals surface area contributed by atoms with Crippen molar-refractivity contribution in [3.8, 4) is 5.75 Å². The van der Waals surface area contributed by atoms with Crippen molar-refractivity contribution >= 4 is 23.4 Å². The fourth-order valence-corrected chi connectivity index (χ4v) is 3.37. The van der Waals surface area contributed by atoms with E-state index >= 15 is 0 Å². The summed E-state index contributed by atoms with van der Waals surface area (Å²) in [5.41, 5.74) is 3.02. The Morgan fingerprint density at radius 3 is 2.48 bits per heavy atom. The number of ether oxygens (including phenoxy) is 2. The average molecular weight is 397 g/mol. The van der Waals surface area contributed by atoms with E-state index < -0.39 is 5.97 Å². The third-order valence-corrected chi connectivity index (χ3v) is 4.91. The molecule has 2 aromatic rings. The van der Waals surface area contributed by atoms with E-state index in [0.29, 0.717) is 37.4 Å². The van der Waals surface area contributed by atoms with Crippen LogP contribution in [-0.2, 0) is 4.74 Å². The molecule has 1 fully saturated rings. The molecule has 7 nitrogen and oxygen atoms in total. The zero-order chi connectivity index (χ0) is 20.8. The van der Waals surface area contributed by atoms with Crippen molar-refractivity contribution in [3.63, 3.8) is 0 Å². The number of carbonyl (C=O) groups is 2. The Morgan fingerprint density at radius 1 is 1.07 bits per heavy atom. The molecule has 0 aliphatic carbocycles. The van der Waals surface area contributed by atoms with E-state index in [1.54, 1.807) is 43.2 Å². The monoisotopic (exact) mass is 397 g/mol. The van der Waals surface area contributed by atoms with Crippen molar-refractivity contribution in [2.75, 3.05) is 50.1 Å². The Hall–Kier alpha value is -3.22. The van der Waals surface area contributed by atoms with Gasteiger partial charge < -0.3 is 24.6 Å². The molecule has 0 saturated carbocycles. The van der Waals surface area contributed by atoms with Crippen LogP contribution in [-0.4, -0.2) is 56.8 Å². The maximum absolute atomic E-state index is 12.7. The van der Waals surface area contributed by atoms with Crippen LogP contribution in [0.15, 0.2) is 42.5 Å². The highest BCUT2D eigenvalue weighted by Crippen LogP contribution is 2.30. The first-order chi connectivity index (χ1) is 14.0. The highest BCUT2D eigenvalue weighted by atomic mass is 16.5. The van der Waals surface area contributed by atoms with Gasteiger partial charge in [0.15, 0.2) is 0 Å². The minimum absolute atomic E-state index is 0.224. The van der Waals surface area contributed by atoms with Crippen molar-refractivity contribution in [2.24, 2.45) is 0 Å². The summed E-state index contributed by atoms with van der Waals surface area (Å²) in [5.74, 6) is 0.386. The van der Waals surface area contributed by atoms with Gasteiger partial charge in [-0.2, -0.15) is 0 Å². The van der Waals surface area contributed by atoms with Crippen molar-refractivity contribution in [1.29, 1.82) is 0 Å². The van der Waals surface area contributed by atoms with Crippen LogP contribution in [0.1, 0.15) is 22.8 Å². The highest BCUT2D eigenvalue weighted by Gasteiger charge is 2.24. The van der Waals surface area contributed by atoms with E-state index in [4.69, 9.17) is 9.47 Å². The molecule has 0 atom stereocenters. The van der Waals surface area contributed by atoms with Gasteiger partial charge in [0.1, 0.15) is 5.75 Å². The zero-order valence-electron chi connectivity index (χ0n) is 17.1. The third kappa shape index (κ3) is 4.80. The molecule has 0 unspecified atom stereocenters. The molecule has 0 bridgehead atoms. The maximum Gasteiger partial charge on any atom is 0.340 e. The number of nitrogens with one attached hydrogen (secondary N) is 1. The Balaban J connectivity index is 1.64. The van der Waals surface area contributed by atoms with Crippen LogP contribution in [0.2, 0.25) is 0 Å². The minimum Gasteiger partial charge on any atom is -0.495 e. The third-order valence-electron chi connectivity index (χ3n) is 4.91. The van der Waals surface area contributed by atoms with E-state index in [0.717, 1.165) is 17.0 Å². The SMILES string of the molecule is CCOC(=O)c1ccccc1NC(=O)N1CCN(c2cc(C)ccc2OC)CC1. The van der Waals surface area contributed by atoms with E-state index in [1.165, 1.54) is 0 Å². The molecular weight excluding hydrogens is 370 g/mol. The lowest BCUT2D eigenvalue weighted by atomic mass is 10.1. The van der Waals surface area contributed by atoms with E-state index in [1.807, 2.05) is 19.1 Å². The van der Waals surface area contributed by atoms with Gasteiger partial charge in [-0.1, -0.05) is 18.2 Å². The average Bonchev–Trinajstić information content (AvgIpc) is 2.74. The van der Waals surface area contributed by atoms with Gasteiger partial charge in [-0.15, -0.1) is 0 Å². The predicted octanol–water partition coefficient (Wildman–Crippen LogP) is 3.53. The number of urea groups is 1. The van der Waals surface area contributed by atoms with Crippen LogP contribution in [0.25, 0.3) is 0 Å². The second kappa shape index (κ2) is 9.32. The van der Waals surface area contributed by atoms with Crippen molar-refractivity contribution in [1.82, 2.24) is 4.90 Å². The Bertz CT molecular complexity index is 876. The van der Waals surface area contributed by atoms with Gasteiger partial charge in [-0.25, -0.2) is 9.59 Å². The summed E-state index contributed by atoms with van der Waals surface area (Å²) in [7, 11) is 1.67. The van der Waals surface area contributed by atoms with E-state index in [-0.39, 0.29) is 12.6 Å². The van der Waals surface area contributed by atoms with Gasteiger partial charge in [0.25, 0.3) is 0 Å². The number of nitrogens with zero attached hydrogens (tertiary/aromatic N) is 2. The van der Waals surface area contributed by atoms with Gasteiger partial charge in [0, 0.05) is 26.2 Å². The molecule has 1 N–H and O–H groups in total. The standard InChI is InChI=1S/C22H27N3O4/c1-4-29-21(26)17-7-5-6-8-18(17)23-22(27)25-13-11-24(12-14-25)19-15-16(2)9-10-20(19)28-3/h5-10,15H,4,11-14H2,1-3H3,(H,23,27). The summed E-state index contributed by atoms with van der Waals surface area (Å²) in [6.45, 7) is 6.63. The van der Waals surface area contributed by atoms with Gasteiger partial charge in [0.2, 0.25) is 0 Å². The topological polar surface area (TPSA) is 71.1 Å². The quantitative estimate of drug-likeness (QED) is 0.782. The highest BCUT2D eigenvalue weighted by molar-refractivity contribution is 6.00. The molecule has 0 aromatic heterocycles. The number of anilines is 2. The van der Waals surface area contributed by atoms with E-state index in [2.05, 4.69) is 16.3 Å². The second-order valence-corrected chi connectivity index (χ2v) is 6.85. The molecule has 1 heterocycles. The molecule has 1 saturated heterocycles. The molecule has 154 valence electrons. The smallest absolute Gasteiger partial charge is 0.340 e. The number of hydrogen-bond acceptors (Lipinski definition) is 5. The Kier molecular flexibility index (Phi) is 6.59. The van der Waals surface area contributed by atoms with Crippen LogP contribution in [0.3, 0.4) is 0 Å². The van der Waals surface area contributed by atoms with Crippen LogP contribution in [0.5, 0.6) is 5.75 Å². The maximum atomic E-state index is 12.7. The lowest BCUT2D eigenvalue weighted by Crippen LogP contribution is -2.50. The second-order valence-electron chi connectivity index (χ2n) is 6.85. The lowest BCUT2D eigenvalue weighted by molar-refractivity contribution is 0.0527. The molecule has 1 aliphatic rings. The number of hydrogen-bond donors (Lipinski definition) is 1. The molecule has 0 spiro atoms. The van der Waals surface area contributed by atoms with Crippen molar-refractivity contribution in [2.45, 2.75) is 13.8 Å². The number of benzene rings is 2. The van der Waals surface area contributed by atoms with Crippen molar-refractivity contribution < 1.29 is 19.1 Å². The fourth-order valence-electron chi connectivity index (χ4n) is 3.37. The number of piperazine rings is 1. The summed E-state index contributed by atoms with van der Waals surface area (Å²) in [4.78, 5) is 28.8. The van der Waals surface area contributed by atoms with Crippen LogP contribution in [0, 0.1) is 6.92 Å². The largest absolute Gasteiger partial charge is 0.495 e. The van der Waals surface area contributed by atoms with Crippen LogP contribution >= 0.6 is 0 Å². The summed E-state index contributed by atoms with van der Waals surface area (Å²) in [6, 6.07) is 12.7. The number of esters is 1. The molecule has 2 amide bonds. The molecule has 1 aliphatic heterocycles. The summed E-state index contributed by atoms with van der Waals surface area (Å²) in [6.07, 6.45) is 0. The van der Waals surface area contributed by atoms with E-state index in [9.17, 15) is 9.59 Å². The van der Waals surface area contributed by atoms with Gasteiger partial charge in [0.05, 0.1) is 30.7 Å². The van der Waals surface area contributed by atoms with Crippen LogP contribution < -0.4 is 15.0 Å². The number of amides is 2. The predicted molar refractivity (Wildman–Crippen MR) is 113 cm³/mol. The zero-order valence-corrected chi connectivity index (χ0v) is 17.1. The van der Waals surface area contributed by atoms with Crippen molar-refractivity contribution in [3.05, 3.63) is 53.6 Å². The number of carbonyl (C=O) groups excluding carboxylic acids is 2. The summed E-state index contributed by atoms with van der Waals surface area (Å²) < 4.78 is 10.6. The van der Waals surface area contributed by atoms with Gasteiger partial charge >= 0.3 is 12.0 Å². The van der Waals surface area contributed by atoms with Gasteiger partial charge in [-0.05, 0) is 43.7 Å². The molecule has 7 heteroatoms. The lowest BCUT2D eigenvalue weighted by Gasteiger charge is -2.36. The number of rotatable bonds is 5. The summed E-state index contributed by atoms with van der Waals surface area (Å²) in [5, 5.41) is 2.85. The first-order valence-electron chi connectivity index (χ1n) is 9.75.